The highest BCUT2D eigenvalue weighted by Crippen LogP contribution is 2.28. The molecule has 0 aliphatic rings. The molecule has 94 valence electrons. The number of esters is 1. The maximum Gasteiger partial charge on any atom is 0.338 e. The standard InChI is InChI=1S/C13H18O4/c1-4-8-17-12-9-10(13(14)16-5-2)6-7-11(12)15-3/h6-7,9H,4-5,8H2,1-3H3. The van der Waals surface area contributed by atoms with Crippen molar-refractivity contribution >= 4 is 5.97 Å². The van der Waals surface area contributed by atoms with Crippen molar-refractivity contribution in [2.45, 2.75) is 20.3 Å². The zero-order valence-corrected chi connectivity index (χ0v) is 10.5. The normalized spacial score (nSPS) is 9.82. The highest BCUT2D eigenvalue weighted by Gasteiger charge is 2.11. The largest absolute Gasteiger partial charge is 0.493 e. The number of benzene rings is 1. The van der Waals surface area contributed by atoms with E-state index >= 15 is 0 Å². The minimum absolute atomic E-state index is 0.350. The zero-order chi connectivity index (χ0) is 12.7. The van der Waals surface area contributed by atoms with Gasteiger partial charge in [-0.05, 0) is 31.5 Å². The molecule has 0 saturated carbocycles. The van der Waals surface area contributed by atoms with Crippen LogP contribution in [-0.4, -0.2) is 26.3 Å². The van der Waals surface area contributed by atoms with E-state index in [0.29, 0.717) is 30.3 Å². The van der Waals surface area contributed by atoms with E-state index in [1.807, 2.05) is 6.92 Å². The highest BCUT2D eigenvalue weighted by molar-refractivity contribution is 5.90. The van der Waals surface area contributed by atoms with Crippen LogP contribution in [0.1, 0.15) is 30.6 Å². The van der Waals surface area contributed by atoms with Gasteiger partial charge in [0.2, 0.25) is 0 Å². The summed E-state index contributed by atoms with van der Waals surface area (Å²) in [6.07, 6.45) is 0.896. The maximum atomic E-state index is 11.6. The van der Waals surface area contributed by atoms with Crippen molar-refractivity contribution in [1.29, 1.82) is 0 Å². The average molecular weight is 238 g/mol. The monoisotopic (exact) mass is 238 g/mol. The fourth-order valence-corrected chi connectivity index (χ4v) is 1.34. The lowest BCUT2D eigenvalue weighted by Crippen LogP contribution is -2.06. The molecule has 0 bridgehead atoms. The molecule has 4 heteroatoms. The Morgan fingerprint density at radius 2 is 2.00 bits per heavy atom. The van der Waals surface area contributed by atoms with Crippen molar-refractivity contribution in [2.24, 2.45) is 0 Å². The molecule has 0 aliphatic heterocycles. The molecular formula is C13H18O4. The number of methoxy groups -OCH3 is 1. The molecule has 1 rings (SSSR count). The number of carbonyl (C=O) groups is 1. The fraction of sp³-hybridized carbons (Fsp3) is 0.462. The molecule has 17 heavy (non-hydrogen) atoms. The van der Waals surface area contributed by atoms with Crippen LogP contribution in [0.15, 0.2) is 18.2 Å². The summed E-state index contributed by atoms with van der Waals surface area (Å²) in [6.45, 7) is 4.73. The second-order valence-corrected chi connectivity index (χ2v) is 3.43. The summed E-state index contributed by atoms with van der Waals surface area (Å²) < 4.78 is 15.6. The molecule has 0 unspecified atom stereocenters. The van der Waals surface area contributed by atoms with E-state index in [1.54, 1.807) is 32.2 Å². The third-order valence-corrected chi connectivity index (χ3v) is 2.14. The van der Waals surface area contributed by atoms with E-state index in [4.69, 9.17) is 14.2 Å². The minimum atomic E-state index is -0.350. The van der Waals surface area contributed by atoms with Gasteiger partial charge >= 0.3 is 5.97 Å². The predicted molar refractivity (Wildman–Crippen MR) is 64.7 cm³/mol. The van der Waals surface area contributed by atoms with Crippen LogP contribution in [0.4, 0.5) is 0 Å². The van der Waals surface area contributed by atoms with Crippen LogP contribution in [0.2, 0.25) is 0 Å². The Kier molecular flexibility index (Phi) is 5.33. The second-order valence-electron chi connectivity index (χ2n) is 3.43. The summed E-state index contributed by atoms with van der Waals surface area (Å²) in [7, 11) is 1.57. The van der Waals surface area contributed by atoms with Gasteiger partial charge in [0.05, 0.1) is 25.9 Å². The van der Waals surface area contributed by atoms with Crippen molar-refractivity contribution in [3.05, 3.63) is 23.8 Å². The van der Waals surface area contributed by atoms with Gasteiger partial charge in [0.15, 0.2) is 11.5 Å². The van der Waals surface area contributed by atoms with Gasteiger partial charge < -0.3 is 14.2 Å². The van der Waals surface area contributed by atoms with E-state index in [0.717, 1.165) is 6.42 Å². The summed E-state index contributed by atoms with van der Waals surface area (Å²) >= 11 is 0. The zero-order valence-electron chi connectivity index (χ0n) is 10.5. The van der Waals surface area contributed by atoms with E-state index in [1.165, 1.54) is 0 Å². The quantitative estimate of drug-likeness (QED) is 0.715. The number of ether oxygens (including phenoxy) is 3. The third kappa shape index (κ3) is 3.66. The number of carbonyl (C=O) groups excluding carboxylic acids is 1. The van der Waals surface area contributed by atoms with Gasteiger partial charge in [0.25, 0.3) is 0 Å². The van der Waals surface area contributed by atoms with Crippen LogP contribution in [0.5, 0.6) is 11.5 Å². The Morgan fingerprint density at radius 1 is 1.24 bits per heavy atom. The van der Waals surface area contributed by atoms with Crippen LogP contribution >= 0.6 is 0 Å². The van der Waals surface area contributed by atoms with Gasteiger partial charge in [-0.3, -0.25) is 0 Å². The highest BCUT2D eigenvalue weighted by atomic mass is 16.5. The average Bonchev–Trinajstić information content (AvgIpc) is 2.36. The summed E-state index contributed by atoms with van der Waals surface area (Å²) in [5.74, 6) is 0.836. The molecule has 0 heterocycles. The van der Waals surface area contributed by atoms with E-state index in [9.17, 15) is 4.79 Å². The molecule has 0 N–H and O–H groups in total. The van der Waals surface area contributed by atoms with Crippen LogP contribution < -0.4 is 9.47 Å². The first-order valence-electron chi connectivity index (χ1n) is 5.70. The molecule has 0 radical (unpaired) electrons. The molecule has 0 amide bonds. The van der Waals surface area contributed by atoms with Gasteiger partial charge in [-0.25, -0.2) is 4.79 Å². The molecule has 1 aromatic rings. The predicted octanol–water partition coefficient (Wildman–Crippen LogP) is 2.66. The number of rotatable bonds is 6. The molecule has 0 spiro atoms. The lowest BCUT2D eigenvalue weighted by atomic mass is 10.2. The third-order valence-electron chi connectivity index (χ3n) is 2.14. The first-order valence-corrected chi connectivity index (χ1v) is 5.70. The summed E-state index contributed by atoms with van der Waals surface area (Å²) in [4.78, 5) is 11.6. The van der Waals surface area contributed by atoms with Gasteiger partial charge in [0, 0.05) is 0 Å². The van der Waals surface area contributed by atoms with Crippen molar-refractivity contribution in [3.8, 4) is 11.5 Å². The molecule has 0 fully saturated rings. The maximum absolute atomic E-state index is 11.6. The molecule has 4 nitrogen and oxygen atoms in total. The van der Waals surface area contributed by atoms with Crippen LogP contribution in [-0.2, 0) is 4.74 Å². The summed E-state index contributed by atoms with van der Waals surface area (Å²) in [5.41, 5.74) is 0.471. The lowest BCUT2D eigenvalue weighted by Gasteiger charge is -2.11. The topological polar surface area (TPSA) is 44.8 Å². The van der Waals surface area contributed by atoms with Crippen LogP contribution in [0, 0.1) is 0 Å². The molecule has 0 aromatic heterocycles. The van der Waals surface area contributed by atoms with Gasteiger partial charge in [-0.1, -0.05) is 6.92 Å². The Hall–Kier alpha value is -1.71. The smallest absolute Gasteiger partial charge is 0.338 e. The molecule has 1 aromatic carbocycles. The van der Waals surface area contributed by atoms with Crippen molar-refractivity contribution < 1.29 is 19.0 Å². The van der Waals surface area contributed by atoms with Gasteiger partial charge in [-0.2, -0.15) is 0 Å². The number of hydrogen-bond acceptors (Lipinski definition) is 4. The van der Waals surface area contributed by atoms with Crippen molar-refractivity contribution in [1.82, 2.24) is 0 Å². The Labute approximate surface area is 101 Å². The van der Waals surface area contributed by atoms with E-state index in [-0.39, 0.29) is 5.97 Å². The Bertz CT molecular complexity index is 374. The van der Waals surface area contributed by atoms with Crippen molar-refractivity contribution in [3.63, 3.8) is 0 Å². The Morgan fingerprint density at radius 3 is 2.59 bits per heavy atom. The Balaban J connectivity index is 2.91. The van der Waals surface area contributed by atoms with E-state index < -0.39 is 0 Å². The van der Waals surface area contributed by atoms with Crippen LogP contribution in [0.3, 0.4) is 0 Å². The first kappa shape index (κ1) is 13.4. The number of hydrogen-bond donors (Lipinski definition) is 0. The summed E-state index contributed by atoms with van der Waals surface area (Å²) in [5, 5.41) is 0. The summed E-state index contributed by atoms with van der Waals surface area (Å²) in [6, 6.07) is 5.01. The van der Waals surface area contributed by atoms with Gasteiger partial charge in [-0.15, -0.1) is 0 Å². The van der Waals surface area contributed by atoms with Gasteiger partial charge in [0.1, 0.15) is 0 Å². The lowest BCUT2D eigenvalue weighted by molar-refractivity contribution is 0.0526. The second kappa shape index (κ2) is 6.78. The molecule has 0 saturated heterocycles. The SMILES string of the molecule is CCCOc1cc(C(=O)OCC)ccc1OC. The molecule has 0 aliphatic carbocycles. The minimum Gasteiger partial charge on any atom is -0.493 e. The molecule has 0 atom stereocenters. The van der Waals surface area contributed by atoms with Crippen molar-refractivity contribution in [2.75, 3.05) is 20.3 Å². The first-order chi connectivity index (χ1) is 8.22. The van der Waals surface area contributed by atoms with E-state index in [2.05, 4.69) is 0 Å². The fourth-order valence-electron chi connectivity index (χ4n) is 1.34. The van der Waals surface area contributed by atoms with Crippen LogP contribution in [0.25, 0.3) is 0 Å². The molecular weight excluding hydrogens is 220 g/mol.